The summed E-state index contributed by atoms with van der Waals surface area (Å²) in [6.07, 6.45) is 3.51. The molecular formula is C14H20F2N2. The maximum absolute atomic E-state index is 13.2. The van der Waals surface area contributed by atoms with E-state index in [2.05, 4.69) is 10.2 Å². The van der Waals surface area contributed by atoms with E-state index in [1.807, 2.05) is 7.05 Å². The largest absolute Gasteiger partial charge is 0.371 e. The lowest BCUT2D eigenvalue weighted by molar-refractivity contribution is 0.503. The van der Waals surface area contributed by atoms with E-state index in [1.54, 1.807) is 6.07 Å². The van der Waals surface area contributed by atoms with Gasteiger partial charge in [-0.15, -0.1) is 0 Å². The van der Waals surface area contributed by atoms with Crippen molar-refractivity contribution in [3.05, 3.63) is 29.8 Å². The van der Waals surface area contributed by atoms with Crippen LogP contribution in [0, 0.1) is 17.6 Å². The molecule has 18 heavy (non-hydrogen) atoms. The number of hydrogen-bond acceptors (Lipinski definition) is 2. The Morgan fingerprint density at radius 2 is 2.17 bits per heavy atom. The molecular weight excluding hydrogens is 234 g/mol. The van der Waals surface area contributed by atoms with E-state index < -0.39 is 11.6 Å². The summed E-state index contributed by atoms with van der Waals surface area (Å²) in [5, 5.41) is 3.14. The van der Waals surface area contributed by atoms with Crippen molar-refractivity contribution in [3.63, 3.8) is 0 Å². The Kier molecular flexibility index (Phi) is 4.53. The van der Waals surface area contributed by atoms with E-state index in [1.165, 1.54) is 25.0 Å². The molecule has 1 unspecified atom stereocenters. The zero-order valence-corrected chi connectivity index (χ0v) is 10.8. The van der Waals surface area contributed by atoms with E-state index in [0.29, 0.717) is 5.92 Å². The van der Waals surface area contributed by atoms with Crippen LogP contribution >= 0.6 is 0 Å². The van der Waals surface area contributed by atoms with Gasteiger partial charge in [0.15, 0.2) is 11.6 Å². The molecule has 1 aliphatic rings. The van der Waals surface area contributed by atoms with E-state index >= 15 is 0 Å². The maximum atomic E-state index is 13.2. The lowest BCUT2D eigenvalue weighted by Crippen LogP contribution is -2.20. The van der Waals surface area contributed by atoms with E-state index in [4.69, 9.17) is 0 Å². The molecule has 1 aromatic carbocycles. The molecule has 4 heteroatoms. The molecule has 0 spiro atoms. The molecule has 100 valence electrons. The third kappa shape index (κ3) is 3.19. The van der Waals surface area contributed by atoms with Crippen molar-refractivity contribution in [3.8, 4) is 0 Å². The Morgan fingerprint density at radius 3 is 2.89 bits per heavy atom. The molecule has 0 radical (unpaired) electrons. The van der Waals surface area contributed by atoms with Crippen LogP contribution in [0.1, 0.15) is 19.3 Å². The van der Waals surface area contributed by atoms with Crippen molar-refractivity contribution >= 4 is 5.69 Å². The fourth-order valence-corrected chi connectivity index (χ4v) is 2.55. The average molecular weight is 254 g/mol. The molecule has 0 amide bonds. The molecule has 1 fully saturated rings. The lowest BCUT2D eigenvalue weighted by atomic mass is 10.0. The van der Waals surface area contributed by atoms with Gasteiger partial charge in [-0.3, -0.25) is 0 Å². The van der Waals surface area contributed by atoms with E-state index in [0.717, 1.165) is 31.7 Å². The number of nitrogens with one attached hydrogen (secondary N) is 1. The first-order valence-corrected chi connectivity index (χ1v) is 6.55. The number of benzene rings is 1. The molecule has 0 saturated carbocycles. The van der Waals surface area contributed by atoms with Crippen LogP contribution in [0.15, 0.2) is 18.2 Å². The topological polar surface area (TPSA) is 15.3 Å². The maximum Gasteiger partial charge on any atom is 0.160 e. The minimum absolute atomic E-state index is 0.673. The van der Waals surface area contributed by atoms with Gasteiger partial charge in [0.25, 0.3) is 0 Å². The van der Waals surface area contributed by atoms with Crippen LogP contribution in [-0.4, -0.2) is 26.7 Å². The van der Waals surface area contributed by atoms with Crippen molar-refractivity contribution in [2.45, 2.75) is 19.3 Å². The van der Waals surface area contributed by atoms with Crippen LogP contribution in [0.5, 0.6) is 0 Å². The zero-order valence-electron chi connectivity index (χ0n) is 10.8. The minimum Gasteiger partial charge on any atom is -0.371 e. The molecule has 1 atom stereocenters. The van der Waals surface area contributed by atoms with Gasteiger partial charge in [-0.05, 0) is 50.9 Å². The Balaban J connectivity index is 1.89. The fourth-order valence-electron chi connectivity index (χ4n) is 2.55. The molecule has 1 aliphatic heterocycles. The SMILES string of the molecule is CNCCCC1CCN(c2ccc(F)c(F)c2)C1. The lowest BCUT2D eigenvalue weighted by Gasteiger charge is -2.18. The van der Waals surface area contributed by atoms with Crippen molar-refractivity contribution in [1.29, 1.82) is 0 Å². The Morgan fingerprint density at radius 1 is 1.33 bits per heavy atom. The van der Waals surface area contributed by atoms with Gasteiger partial charge in [0.2, 0.25) is 0 Å². The van der Waals surface area contributed by atoms with E-state index in [9.17, 15) is 8.78 Å². The zero-order chi connectivity index (χ0) is 13.0. The third-order valence-electron chi connectivity index (χ3n) is 3.59. The highest BCUT2D eigenvalue weighted by Gasteiger charge is 2.22. The molecule has 1 aromatic rings. The number of nitrogens with zero attached hydrogens (tertiary/aromatic N) is 1. The second-order valence-corrected chi connectivity index (χ2v) is 4.94. The molecule has 0 aliphatic carbocycles. The normalized spacial score (nSPS) is 19.5. The molecule has 1 N–H and O–H groups in total. The molecule has 2 rings (SSSR count). The van der Waals surface area contributed by atoms with Crippen LogP contribution in [0.4, 0.5) is 14.5 Å². The quantitative estimate of drug-likeness (QED) is 0.813. The molecule has 0 bridgehead atoms. The Labute approximate surface area is 107 Å². The van der Waals surface area contributed by atoms with Gasteiger partial charge in [-0.25, -0.2) is 8.78 Å². The summed E-state index contributed by atoms with van der Waals surface area (Å²) < 4.78 is 26.0. The highest BCUT2D eigenvalue weighted by Crippen LogP contribution is 2.27. The first kappa shape index (κ1) is 13.3. The number of anilines is 1. The molecule has 1 heterocycles. The van der Waals surface area contributed by atoms with Crippen molar-refractivity contribution in [2.24, 2.45) is 5.92 Å². The van der Waals surface area contributed by atoms with E-state index in [-0.39, 0.29) is 0 Å². The fraction of sp³-hybridized carbons (Fsp3) is 0.571. The van der Waals surface area contributed by atoms with Crippen molar-refractivity contribution < 1.29 is 8.78 Å². The standard InChI is InChI=1S/C14H20F2N2/c1-17-7-2-3-11-6-8-18(10-11)12-4-5-13(15)14(16)9-12/h4-5,9,11,17H,2-3,6-8,10H2,1H3. The number of halogens is 2. The van der Waals surface area contributed by atoms with Crippen LogP contribution in [0.2, 0.25) is 0 Å². The van der Waals surface area contributed by atoms with Gasteiger partial charge in [0.05, 0.1) is 0 Å². The van der Waals surface area contributed by atoms with Crippen molar-refractivity contribution in [2.75, 3.05) is 31.6 Å². The van der Waals surface area contributed by atoms with Gasteiger partial charge in [-0.1, -0.05) is 0 Å². The smallest absolute Gasteiger partial charge is 0.160 e. The summed E-state index contributed by atoms with van der Waals surface area (Å²) in [4.78, 5) is 2.15. The molecule has 2 nitrogen and oxygen atoms in total. The van der Waals surface area contributed by atoms with Gasteiger partial charge in [0.1, 0.15) is 0 Å². The van der Waals surface area contributed by atoms with Crippen LogP contribution in [-0.2, 0) is 0 Å². The van der Waals surface area contributed by atoms with Gasteiger partial charge in [-0.2, -0.15) is 0 Å². The van der Waals surface area contributed by atoms with Crippen LogP contribution in [0.25, 0.3) is 0 Å². The summed E-state index contributed by atoms with van der Waals surface area (Å²) in [7, 11) is 1.96. The summed E-state index contributed by atoms with van der Waals surface area (Å²) in [5.74, 6) is -0.860. The van der Waals surface area contributed by atoms with Crippen LogP contribution < -0.4 is 10.2 Å². The second-order valence-electron chi connectivity index (χ2n) is 4.94. The second kappa shape index (κ2) is 6.14. The highest BCUT2D eigenvalue weighted by atomic mass is 19.2. The van der Waals surface area contributed by atoms with Gasteiger partial charge in [0, 0.05) is 24.8 Å². The number of hydrogen-bond donors (Lipinski definition) is 1. The Hall–Kier alpha value is -1.16. The summed E-state index contributed by atoms with van der Waals surface area (Å²) in [6.45, 7) is 2.94. The number of rotatable bonds is 5. The summed E-state index contributed by atoms with van der Waals surface area (Å²) >= 11 is 0. The average Bonchev–Trinajstić information content (AvgIpc) is 2.82. The highest BCUT2D eigenvalue weighted by molar-refractivity contribution is 5.47. The molecule has 0 aromatic heterocycles. The molecule has 1 saturated heterocycles. The van der Waals surface area contributed by atoms with Crippen molar-refractivity contribution in [1.82, 2.24) is 5.32 Å². The summed E-state index contributed by atoms with van der Waals surface area (Å²) in [5.41, 5.74) is 0.796. The van der Waals surface area contributed by atoms with Crippen LogP contribution in [0.3, 0.4) is 0 Å². The minimum atomic E-state index is -0.775. The summed E-state index contributed by atoms with van der Waals surface area (Å²) in [6, 6.07) is 4.17. The first-order chi connectivity index (χ1) is 8.70. The van der Waals surface area contributed by atoms with Gasteiger partial charge >= 0.3 is 0 Å². The Bertz CT molecular complexity index is 395. The first-order valence-electron chi connectivity index (χ1n) is 6.55. The monoisotopic (exact) mass is 254 g/mol. The predicted molar refractivity (Wildman–Crippen MR) is 69.8 cm³/mol. The predicted octanol–water partition coefficient (Wildman–Crippen LogP) is 2.79. The van der Waals surface area contributed by atoms with Gasteiger partial charge < -0.3 is 10.2 Å². The third-order valence-corrected chi connectivity index (χ3v) is 3.59.